The molecule has 0 bridgehead atoms. The molecule has 102 valence electrons. The fourth-order valence-electron chi connectivity index (χ4n) is 2.07. The average Bonchev–Trinajstić information content (AvgIpc) is 3.05. The van der Waals surface area contributed by atoms with E-state index in [1.165, 1.54) is 4.90 Å². The van der Waals surface area contributed by atoms with Gasteiger partial charge in [0.2, 0.25) is 11.8 Å². The Hall–Kier alpha value is -1.31. The fraction of sp³-hybridized carbons (Fsp3) is 0.800. The molecule has 1 atom stereocenters. The van der Waals surface area contributed by atoms with Crippen LogP contribution in [0.3, 0.4) is 0 Å². The molecule has 0 aromatic carbocycles. The summed E-state index contributed by atoms with van der Waals surface area (Å²) in [6, 6.07) is -0.636. The van der Waals surface area contributed by atoms with E-state index < -0.39 is 19.0 Å². The molecule has 1 aliphatic carbocycles. The molecule has 0 aromatic heterocycles. The van der Waals surface area contributed by atoms with Gasteiger partial charge in [0.1, 0.15) is 6.04 Å². The van der Waals surface area contributed by atoms with E-state index in [1.807, 2.05) is 0 Å². The number of hydrogen-bond acceptors (Lipinski definition) is 3. The molecule has 1 unspecified atom stereocenters. The SMILES string of the molecule is O=C1NCC(=O)N(CCOC(F)(F)F)C1C1CC1. The van der Waals surface area contributed by atoms with Crippen LogP contribution in [0, 0.1) is 5.92 Å². The number of piperazine rings is 1. The molecule has 1 saturated carbocycles. The molecule has 1 aliphatic heterocycles. The summed E-state index contributed by atoms with van der Waals surface area (Å²) in [4.78, 5) is 24.4. The van der Waals surface area contributed by atoms with Crippen molar-refractivity contribution in [3.05, 3.63) is 0 Å². The normalized spacial score (nSPS) is 25.3. The molecule has 2 amide bonds. The van der Waals surface area contributed by atoms with Crippen molar-refractivity contribution in [3.8, 4) is 0 Å². The maximum Gasteiger partial charge on any atom is 0.522 e. The van der Waals surface area contributed by atoms with E-state index in [4.69, 9.17) is 0 Å². The van der Waals surface area contributed by atoms with Crippen molar-refractivity contribution in [2.75, 3.05) is 19.7 Å². The Bertz CT molecular complexity index is 355. The van der Waals surface area contributed by atoms with Gasteiger partial charge in [0.25, 0.3) is 0 Å². The van der Waals surface area contributed by atoms with Crippen molar-refractivity contribution in [2.45, 2.75) is 25.2 Å². The summed E-state index contributed by atoms with van der Waals surface area (Å²) in [7, 11) is 0. The second-order valence-corrected chi connectivity index (χ2v) is 4.38. The number of nitrogens with zero attached hydrogens (tertiary/aromatic N) is 1. The first kappa shape index (κ1) is 13.1. The third-order valence-corrected chi connectivity index (χ3v) is 3.01. The number of halogens is 3. The number of ether oxygens (including phenoxy) is 1. The maximum atomic E-state index is 11.8. The van der Waals surface area contributed by atoms with Gasteiger partial charge in [-0.05, 0) is 18.8 Å². The van der Waals surface area contributed by atoms with E-state index >= 15 is 0 Å². The molecule has 2 aliphatic rings. The van der Waals surface area contributed by atoms with Crippen LogP contribution in [0.1, 0.15) is 12.8 Å². The van der Waals surface area contributed by atoms with Gasteiger partial charge >= 0.3 is 6.36 Å². The van der Waals surface area contributed by atoms with Crippen LogP contribution in [0.4, 0.5) is 13.2 Å². The van der Waals surface area contributed by atoms with Gasteiger partial charge in [0.05, 0.1) is 13.2 Å². The molecule has 0 radical (unpaired) electrons. The summed E-state index contributed by atoms with van der Waals surface area (Å²) in [5, 5.41) is 2.45. The lowest BCUT2D eigenvalue weighted by atomic mass is 10.1. The van der Waals surface area contributed by atoms with Gasteiger partial charge < -0.3 is 10.2 Å². The predicted octanol–water partition coefficient (Wildman–Crippen LogP) is 0.260. The number of amides is 2. The summed E-state index contributed by atoms with van der Waals surface area (Å²) in [6.07, 6.45) is -3.07. The van der Waals surface area contributed by atoms with Crippen molar-refractivity contribution < 1.29 is 27.5 Å². The zero-order valence-electron chi connectivity index (χ0n) is 9.50. The van der Waals surface area contributed by atoms with Crippen LogP contribution < -0.4 is 5.32 Å². The van der Waals surface area contributed by atoms with Crippen LogP contribution >= 0.6 is 0 Å². The van der Waals surface area contributed by atoms with E-state index in [-0.39, 0.29) is 30.8 Å². The van der Waals surface area contributed by atoms with Gasteiger partial charge in [-0.1, -0.05) is 0 Å². The van der Waals surface area contributed by atoms with Crippen molar-refractivity contribution in [1.82, 2.24) is 10.2 Å². The zero-order chi connectivity index (χ0) is 13.3. The van der Waals surface area contributed by atoms with Crippen LogP contribution in [0.25, 0.3) is 0 Å². The van der Waals surface area contributed by atoms with E-state index in [9.17, 15) is 22.8 Å². The minimum atomic E-state index is -4.71. The molecule has 1 N–H and O–H groups in total. The number of carbonyl (C=O) groups is 2. The second-order valence-electron chi connectivity index (χ2n) is 4.38. The summed E-state index contributed by atoms with van der Waals surface area (Å²) in [5.41, 5.74) is 0. The van der Waals surface area contributed by atoms with Gasteiger partial charge in [-0.3, -0.25) is 14.3 Å². The summed E-state index contributed by atoms with van der Waals surface area (Å²) < 4.78 is 39.2. The molecule has 8 heteroatoms. The van der Waals surface area contributed by atoms with Crippen LogP contribution in [-0.2, 0) is 14.3 Å². The molecule has 18 heavy (non-hydrogen) atoms. The smallest absolute Gasteiger partial charge is 0.345 e. The monoisotopic (exact) mass is 266 g/mol. The second kappa shape index (κ2) is 4.75. The zero-order valence-corrected chi connectivity index (χ0v) is 9.50. The van der Waals surface area contributed by atoms with E-state index in [0.717, 1.165) is 12.8 Å². The first-order chi connectivity index (χ1) is 8.38. The number of rotatable bonds is 4. The van der Waals surface area contributed by atoms with Gasteiger partial charge in [0, 0.05) is 6.54 Å². The predicted molar refractivity (Wildman–Crippen MR) is 53.2 cm³/mol. The standard InChI is InChI=1S/C10H13F3N2O3/c11-10(12,13)18-4-3-15-7(16)5-14-9(17)8(15)6-1-2-6/h6,8H,1-5H2,(H,14,17). The number of nitrogens with one attached hydrogen (secondary N) is 1. The fourth-order valence-corrected chi connectivity index (χ4v) is 2.07. The highest BCUT2D eigenvalue weighted by Gasteiger charge is 2.44. The number of carbonyl (C=O) groups excluding carboxylic acids is 2. The Labute approximate surface area is 101 Å². The van der Waals surface area contributed by atoms with E-state index in [0.29, 0.717) is 0 Å². The topological polar surface area (TPSA) is 58.6 Å². The molecule has 0 spiro atoms. The van der Waals surface area contributed by atoms with Crippen molar-refractivity contribution in [3.63, 3.8) is 0 Å². The molecule has 1 saturated heterocycles. The minimum absolute atomic E-state index is 0.0696. The maximum absolute atomic E-state index is 11.8. The average molecular weight is 266 g/mol. The molecule has 1 heterocycles. The summed E-state index contributed by atoms with van der Waals surface area (Å²) in [6.45, 7) is -1.02. The Balaban J connectivity index is 1.93. The minimum Gasteiger partial charge on any atom is -0.345 e. The molecule has 5 nitrogen and oxygen atoms in total. The van der Waals surface area contributed by atoms with Gasteiger partial charge in [0.15, 0.2) is 0 Å². The first-order valence-electron chi connectivity index (χ1n) is 5.66. The highest BCUT2D eigenvalue weighted by atomic mass is 19.4. The Morgan fingerprint density at radius 1 is 1.33 bits per heavy atom. The van der Waals surface area contributed by atoms with Crippen molar-refractivity contribution in [1.29, 1.82) is 0 Å². The quantitative estimate of drug-likeness (QED) is 0.794. The van der Waals surface area contributed by atoms with E-state index in [2.05, 4.69) is 10.1 Å². The van der Waals surface area contributed by atoms with Crippen molar-refractivity contribution >= 4 is 11.8 Å². The van der Waals surface area contributed by atoms with Crippen LogP contribution in [0.5, 0.6) is 0 Å². The molecule has 2 fully saturated rings. The Morgan fingerprint density at radius 3 is 2.56 bits per heavy atom. The molecular weight excluding hydrogens is 253 g/mol. The molecule has 0 aromatic rings. The van der Waals surface area contributed by atoms with Gasteiger partial charge in [-0.15, -0.1) is 13.2 Å². The van der Waals surface area contributed by atoms with Crippen LogP contribution in [0.2, 0.25) is 0 Å². The highest BCUT2D eigenvalue weighted by molar-refractivity contribution is 5.95. The first-order valence-corrected chi connectivity index (χ1v) is 5.66. The Kier molecular flexibility index (Phi) is 3.47. The summed E-state index contributed by atoms with van der Waals surface area (Å²) in [5.74, 6) is -0.582. The Morgan fingerprint density at radius 2 is 2.00 bits per heavy atom. The van der Waals surface area contributed by atoms with Crippen LogP contribution in [0.15, 0.2) is 0 Å². The van der Waals surface area contributed by atoms with Crippen LogP contribution in [-0.4, -0.2) is 48.8 Å². The summed E-state index contributed by atoms with van der Waals surface area (Å²) >= 11 is 0. The molecule has 2 rings (SSSR count). The lowest BCUT2D eigenvalue weighted by molar-refractivity contribution is -0.325. The van der Waals surface area contributed by atoms with Gasteiger partial charge in [-0.25, -0.2) is 0 Å². The lowest BCUT2D eigenvalue weighted by Gasteiger charge is -2.35. The largest absolute Gasteiger partial charge is 0.522 e. The van der Waals surface area contributed by atoms with E-state index in [1.54, 1.807) is 0 Å². The third-order valence-electron chi connectivity index (χ3n) is 3.01. The lowest BCUT2D eigenvalue weighted by Crippen LogP contribution is -2.60. The highest BCUT2D eigenvalue weighted by Crippen LogP contribution is 2.36. The van der Waals surface area contributed by atoms with Crippen molar-refractivity contribution in [2.24, 2.45) is 5.92 Å². The molecular formula is C10H13F3N2O3. The number of alkyl halides is 3. The van der Waals surface area contributed by atoms with Gasteiger partial charge in [-0.2, -0.15) is 0 Å². The number of hydrogen-bond donors (Lipinski definition) is 1. The third kappa shape index (κ3) is 3.12.